The van der Waals surface area contributed by atoms with E-state index in [9.17, 15) is 14.9 Å². The Labute approximate surface area is 229 Å². The topological polar surface area (TPSA) is 91.0 Å². The van der Waals surface area contributed by atoms with E-state index in [-0.39, 0.29) is 27.9 Å². The Balaban J connectivity index is 1.57. The van der Waals surface area contributed by atoms with Crippen molar-refractivity contribution in [2.24, 2.45) is 4.99 Å². The van der Waals surface area contributed by atoms with Gasteiger partial charge in [0.15, 0.2) is 5.70 Å². The summed E-state index contributed by atoms with van der Waals surface area (Å²) in [6.45, 7) is 0.393. The molecule has 0 radical (unpaired) electrons. The number of benzene rings is 3. The number of cyclic esters (lactones) is 1. The van der Waals surface area contributed by atoms with E-state index in [2.05, 4.69) is 59.4 Å². The second-order valence-electron chi connectivity index (χ2n) is 6.99. The zero-order chi connectivity index (χ0) is 24.4. The molecule has 0 N–H and O–H groups in total. The SMILES string of the molecule is O=C1OC(c2ccc([N+](=O)[O-])cc2Cl)=N/C1=C\c1cc(Br)c(OCc2cccc(I)c2)c(Br)c1. The van der Waals surface area contributed by atoms with Crippen LogP contribution in [0.2, 0.25) is 5.02 Å². The second kappa shape index (κ2) is 10.5. The Morgan fingerprint density at radius 3 is 2.53 bits per heavy atom. The van der Waals surface area contributed by atoms with Crippen molar-refractivity contribution in [1.82, 2.24) is 0 Å². The lowest BCUT2D eigenvalue weighted by atomic mass is 10.2. The largest absolute Gasteiger partial charge is 0.487 e. The number of rotatable bonds is 6. The van der Waals surface area contributed by atoms with Crippen LogP contribution in [0, 0.1) is 13.7 Å². The van der Waals surface area contributed by atoms with Crippen molar-refractivity contribution in [3.05, 3.63) is 105 Å². The molecular weight excluding hydrogens is 706 g/mol. The number of esters is 1. The Morgan fingerprint density at radius 2 is 1.88 bits per heavy atom. The van der Waals surface area contributed by atoms with E-state index in [1.54, 1.807) is 18.2 Å². The van der Waals surface area contributed by atoms with Gasteiger partial charge in [-0.25, -0.2) is 9.79 Å². The summed E-state index contributed by atoms with van der Waals surface area (Å²) >= 11 is 15.4. The molecule has 0 aliphatic carbocycles. The van der Waals surface area contributed by atoms with Crippen LogP contribution in [-0.2, 0) is 16.1 Å². The minimum Gasteiger partial charge on any atom is -0.487 e. The lowest BCUT2D eigenvalue weighted by Gasteiger charge is -2.12. The molecule has 7 nitrogen and oxygen atoms in total. The van der Waals surface area contributed by atoms with Gasteiger partial charge in [0.25, 0.3) is 5.69 Å². The number of halogens is 4. The van der Waals surface area contributed by atoms with E-state index < -0.39 is 10.9 Å². The molecule has 0 amide bonds. The summed E-state index contributed by atoms with van der Waals surface area (Å²) in [6.07, 6.45) is 1.56. The minimum absolute atomic E-state index is 0.0215. The fourth-order valence-electron chi connectivity index (χ4n) is 3.06. The maximum atomic E-state index is 12.4. The summed E-state index contributed by atoms with van der Waals surface area (Å²) in [6, 6.07) is 15.4. The Kier molecular flexibility index (Phi) is 7.70. The van der Waals surface area contributed by atoms with Gasteiger partial charge >= 0.3 is 5.97 Å². The number of aliphatic imine (C=N–C) groups is 1. The minimum atomic E-state index is -0.657. The normalized spacial score (nSPS) is 14.2. The van der Waals surface area contributed by atoms with E-state index >= 15 is 0 Å². The highest BCUT2D eigenvalue weighted by molar-refractivity contribution is 14.1. The highest BCUT2D eigenvalue weighted by Crippen LogP contribution is 2.36. The van der Waals surface area contributed by atoms with Crippen molar-refractivity contribution in [2.75, 3.05) is 0 Å². The summed E-state index contributed by atoms with van der Waals surface area (Å²) in [5.41, 5.74) is 1.89. The van der Waals surface area contributed by atoms with Crippen LogP contribution in [0.1, 0.15) is 16.7 Å². The highest BCUT2D eigenvalue weighted by atomic mass is 127. The predicted octanol–water partition coefficient (Wildman–Crippen LogP) is 7.30. The summed E-state index contributed by atoms with van der Waals surface area (Å²) in [4.78, 5) is 26.9. The third-order valence-electron chi connectivity index (χ3n) is 4.61. The molecule has 0 fully saturated rings. The average molecular weight is 719 g/mol. The molecule has 0 unspecified atom stereocenters. The summed E-state index contributed by atoms with van der Waals surface area (Å²) in [7, 11) is 0. The summed E-state index contributed by atoms with van der Waals surface area (Å²) in [5, 5.41) is 11.0. The van der Waals surface area contributed by atoms with Gasteiger partial charge in [-0.05, 0) is 102 Å². The molecule has 0 atom stereocenters. The summed E-state index contributed by atoms with van der Waals surface area (Å²) < 4.78 is 13.7. The van der Waals surface area contributed by atoms with Gasteiger partial charge in [-0.15, -0.1) is 0 Å². The van der Waals surface area contributed by atoms with Crippen molar-refractivity contribution < 1.29 is 19.2 Å². The Bertz CT molecular complexity index is 1370. The van der Waals surface area contributed by atoms with Gasteiger partial charge < -0.3 is 9.47 Å². The number of nitro groups is 1. The molecule has 11 heteroatoms. The predicted molar refractivity (Wildman–Crippen MR) is 144 cm³/mol. The van der Waals surface area contributed by atoms with Gasteiger partial charge in [-0.1, -0.05) is 23.7 Å². The van der Waals surface area contributed by atoms with E-state index in [1.165, 1.54) is 18.2 Å². The van der Waals surface area contributed by atoms with Crippen LogP contribution in [0.3, 0.4) is 0 Å². The van der Waals surface area contributed by atoms with Crippen LogP contribution in [0.5, 0.6) is 5.75 Å². The molecule has 3 aromatic rings. The van der Waals surface area contributed by atoms with Gasteiger partial charge in [0.1, 0.15) is 12.4 Å². The van der Waals surface area contributed by atoms with Crippen molar-refractivity contribution in [3.8, 4) is 5.75 Å². The molecule has 1 heterocycles. The van der Waals surface area contributed by atoms with Crippen molar-refractivity contribution in [1.29, 1.82) is 0 Å². The first kappa shape index (κ1) is 24.8. The zero-order valence-corrected chi connectivity index (χ0v) is 23.0. The first-order chi connectivity index (χ1) is 16.2. The molecule has 4 rings (SSSR count). The second-order valence-corrected chi connectivity index (χ2v) is 10.4. The molecule has 0 saturated carbocycles. The lowest BCUT2D eigenvalue weighted by molar-refractivity contribution is -0.384. The summed E-state index contributed by atoms with van der Waals surface area (Å²) in [5.74, 6) is -0.0562. The van der Waals surface area contributed by atoms with Crippen LogP contribution >= 0.6 is 66.1 Å². The average Bonchev–Trinajstić information content (AvgIpc) is 3.12. The third-order valence-corrected chi connectivity index (χ3v) is 6.77. The van der Waals surface area contributed by atoms with Gasteiger partial charge in [0.05, 0.1) is 24.5 Å². The van der Waals surface area contributed by atoms with Crippen molar-refractivity contribution in [2.45, 2.75) is 6.61 Å². The smallest absolute Gasteiger partial charge is 0.363 e. The van der Waals surface area contributed by atoms with E-state index in [0.29, 0.717) is 26.9 Å². The molecule has 0 spiro atoms. The van der Waals surface area contributed by atoms with Crippen LogP contribution in [0.15, 0.2) is 74.2 Å². The number of hydrogen-bond acceptors (Lipinski definition) is 6. The third kappa shape index (κ3) is 5.68. The quantitative estimate of drug-likeness (QED) is 0.0878. The molecular formula is C23H12Br2ClIN2O5. The molecule has 0 aromatic heterocycles. The van der Waals surface area contributed by atoms with Crippen molar-refractivity contribution >= 4 is 89.7 Å². The first-order valence-electron chi connectivity index (χ1n) is 9.54. The Hall–Kier alpha value is -2.28. The van der Waals surface area contributed by atoms with Crippen LogP contribution < -0.4 is 4.74 Å². The Morgan fingerprint density at radius 1 is 1.15 bits per heavy atom. The molecule has 1 aliphatic rings. The molecule has 0 bridgehead atoms. The first-order valence-corrected chi connectivity index (χ1v) is 12.6. The van der Waals surface area contributed by atoms with E-state index in [4.69, 9.17) is 21.1 Å². The molecule has 3 aromatic carbocycles. The number of non-ortho nitro benzene ring substituents is 1. The van der Waals surface area contributed by atoms with Gasteiger partial charge in [-0.3, -0.25) is 10.1 Å². The van der Waals surface area contributed by atoms with Gasteiger partial charge in [0, 0.05) is 15.7 Å². The van der Waals surface area contributed by atoms with Gasteiger partial charge in [0.2, 0.25) is 5.90 Å². The zero-order valence-electron chi connectivity index (χ0n) is 16.9. The van der Waals surface area contributed by atoms with E-state index in [1.807, 2.05) is 24.3 Å². The van der Waals surface area contributed by atoms with Crippen LogP contribution in [0.25, 0.3) is 6.08 Å². The van der Waals surface area contributed by atoms with E-state index in [0.717, 1.165) is 9.13 Å². The molecule has 172 valence electrons. The maximum Gasteiger partial charge on any atom is 0.363 e. The number of carbonyl (C=O) groups excluding carboxylic acids is 1. The number of nitrogens with zero attached hydrogens (tertiary/aromatic N) is 2. The number of hydrogen-bond donors (Lipinski definition) is 0. The number of carbonyl (C=O) groups is 1. The van der Waals surface area contributed by atoms with Crippen LogP contribution in [-0.4, -0.2) is 16.8 Å². The van der Waals surface area contributed by atoms with Crippen molar-refractivity contribution in [3.63, 3.8) is 0 Å². The highest BCUT2D eigenvalue weighted by Gasteiger charge is 2.26. The number of ether oxygens (including phenoxy) is 2. The molecule has 1 aliphatic heterocycles. The molecule has 34 heavy (non-hydrogen) atoms. The monoisotopic (exact) mass is 716 g/mol. The maximum absolute atomic E-state index is 12.4. The number of nitro benzene ring substituents is 1. The van der Waals surface area contributed by atoms with Gasteiger partial charge in [-0.2, -0.15) is 0 Å². The molecule has 0 saturated heterocycles. The fraction of sp³-hybridized carbons (Fsp3) is 0.0435. The van der Waals surface area contributed by atoms with Crippen LogP contribution in [0.4, 0.5) is 5.69 Å². The fourth-order valence-corrected chi connectivity index (χ4v) is 5.37. The standard InChI is InChI=1S/C23H12Br2ClIN2O5/c24-17-7-13(8-18(25)21(17)33-11-12-2-1-3-14(27)6-12)9-20-23(30)34-22(28-20)16-5-4-15(29(31)32)10-19(16)26/h1-10H,11H2/b20-9-. The lowest BCUT2D eigenvalue weighted by Crippen LogP contribution is -2.06.